The van der Waals surface area contributed by atoms with Crippen molar-refractivity contribution in [3.63, 3.8) is 0 Å². The molecular weight excluding hydrogens is 364 g/mol. The van der Waals surface area contributed by atoms with Gasteiger partial charge in [-0.2, -0.15) is 9.66 Å². The van der Waals surface area contributed by atoms with Crippen LogP contribution in [0.25, 0.3) is 16.7 Å². The number of halogens is 1. The number of para-hydroxylation sites is 2. The smallest absolute Gasteiger partial charge is 0.250 e. The van der Waals surface area contributed by atoms with Gasteiger partial charge in [-0.15, -0.1) is 0 Å². The first kappa shape index (κ1) is 14.7. The van der Waals surface area contributed by atoms with Crippen LogP contribution in [0.5, 0.6) is 0 Å². The van der Waals surface area contributed by atoms with Gasteiger partial charge in [0.15, 0.2) is 0 Å². The molecule has 0 fully saturated rings. The molecule has 5 heteroatoms. The summed E-state index contributed by atoms with van der Waals surface area (Å²) in [6.45, 7) is 1.96. The van der Waals surface area contributed by atoms with Gasteiger partial charge in [0.2, 0.25) is 11.5 Å². The molecule has 4 nitrogen and oxygen atoms in total. The molecule has 116 valence electrons. The third kappa shape index (κ3) is 2.32. The van der Waals surface area contributed by atoms with E-state index < -0.39 is 0 Å². The molecule has 0 aliphatic carbocycles. The van der Waals surface area contributed by atoms with Crippen LogP contribution in [0.1, 0.15) is 11.1 Å². The van der Waals surface area contributed by atoms with E-state index >= 15 is 0 Å². The first-order valence-electron chi connectivity index (χ1n) is 7.56. The maximum absolute atomic E-state index is 9.54. The Morgan fingerprint density at radius 3 is 2.62 bits per heavy atom. The Balaban J connectivity index is 2.01. The van der Waals surface area contributed by atoms with Crippen molar-refractivity contribution in [1.29, 1.82) is 5.26 Å². The van der Waals surface area contributed by atoms with Crippen LogP contribution in [0.3, 0.4) is 0 Å². The van der Waals surface area contributed by atoms with Crippen molar-refractivity contribution in [3.05, 3.63) is 70.2 Å². The van der Waals surface area contributed by atoms with Gasteiger partial charge in [-0.3, -0.25) is 10.3 Å². The first-order valence-corrected chi connectivity index (χ1v) is 8.35. The summed E-state index contributed by atoms with van der Waals surface area (Å²) in [5.74, 6) is 0.918. The third-order valence-corrected chi connectivity index (χ3v) is 4.60. The van der Waals surface area contributed by atoms with E-state index in [1.54, 1.807) is 0 Å². The van der Waals surface area contributed by atoms with Crippen molar-refractivity contribution in [2.75, 3.05) is 5.32 Å². The standard InChI is InChI=1S/C19H13BrN4/c1-12-10-18(22-14-8-6-13(20)7-9-14)24-17-5-3-2-4-16(17)23-19(24)15(12)11-21/h2-10H,1H3,(H,22,23)/p+1. The lowest BCUT2D eigenvalue weighted by atomic mass is 10.1. The van der Waals surface area contributed by atoms with E-state index in [2.05, 4.69) is 36.7 Å². The van der Waals surface area contributed by atoms with Gasteiger partial charge in [0.25, 0.3) is 0 Å². The van der Waals surface area contributed by atoms with Crippen LogP contribution in [0.4, 0.5) is 11.5 Å². The lowest BCUT2D eigenvalue weighted by Gasteiger charge is -2.06. The van der Waals surface area contributed by atoms with E-state index in [1.165, 1.54) is 0 Å². The number of hydrogen-bond acceptors (Lipinski definition) is 2. The molecule has 0 aliphatic heterocycles. The zero-order valence-electron chi connectivity index (χ0n) is 13.0. The summed E-state index contributed by atoms with van der Waals surface area (Å²) in [4.78, 5) is 3.37. The number of aromatic amines is 1. The second kappa shape index (κ2) is 5.66. The summed E-state index contributed by atoms with van der Waals surface area (Å²) in [7, 11) is 0. The highest BCUT2D eigenvalue weighted by Crippen LogP contribution is 2.23. The molecule has 0 atom stereocenters. The Labute approximate surface area is 147 Å². The predicted octanol–water partition coefficient (Wildman–Crippen LogP) is 4.59. The molecule has 24 heavy (non-hydrogen) atoms. The quantitative estimate of drug-likeness (QED) is 0.501. The van der Waals surface area contributed by atoms with Crippen LogP contribution in [-0.2, 0) is 0 Å². The van der Waals surface area contributed by atoms with Gasteiger partial charge < -0.3 is 0 Å². The molecule has 0 saturated heterocycles. The van der Waals surface area contributed by atoms with Gasteiger partial charge in [0, 0.05) is 10.5 Å². The van der Waals surface area contributed by atoms with Crippen LogP contribution < -0.4 is 9.72 Å². The number of nitrogens with zero attached hydrogens (tertiary/aromatic N) is 2. The molecule has 2 aromatic carbocycles. The molecule has 4 rings (SSSR count). The first-order chi connectivity index (χ1) is 11.7. The van der Waals surface area contributed by atoms with Crippen molar-refractivity contribution in [1.82, 2.24) is 4.98 Å². The lowest BCUT2D eigenvalue weighted by Crippen LogP contribution is -2.26. The Morgan fingerprint density at radius 1 is 1.12 bits per heavy atom. The van der Waals surface area contributed by atoms with E-state index in [-0.39, 0.29) is 0 Å². The second-order valence-corrected chi connectivity index (χ2v) is 6.57. The minimum atomic E-state index is 0.660. The molecule has 0 amide bonds. The molecule has 0 spiro atoms. The fourth-order valence-corrected chi connectivity index (χ4v) is 3.21. The van der Waals surface area contributed by atoms with Gasteiger partial charge in [-0.1, -0.05) is 28.1 Å². The summed E-state index contributed by atoms with van der Waals surface area (Å²) in [5, 5.41) is 13.0. The molecule has 0 aliphatic rings. The normalized spacial score (nSPS) is 10.9. The number of pyridine rings is 1. The minimum Gasteiger partial charge on any atom is -0.273 e. The Morgan fingerprint density at radius 2 is 1.88 bits per heavy atom. The average molecular weight is 378 g/mol. The van der Waals surface area contributed by atoms with Gasteiger partial charge in [-0.25, -0.2) is 0 Å². The van der Waals surface area contributed by atoms with E-state index in [0.717, 1.165) is 38.2 Å². The minimum absolute atomic E-state index is 0.660. The predicted molar refractivity (Wildman–Crippen MR) is 98.3 cm³/mol. The van der Waals surface area contributed by atoms with Gasteiger partial charge in [0.1, 0.15) is 22.7 Å². The molecule has 2 N–H and O–H groups in total. The number of nitriles is 1. The average Bonchev–Trinajstić information content (AvgIpc) is 2.96. The zero-order chi connectivity index (χ0) is 16.7. The van der Waals surface area contributed by atoms with Gasteiger partial charge in [0.05, 0.1) is 5.69 Å². The van der Waals surface area contributed by atoms with Crippen LogP contribution >= 0.6 is 15.9 Å². The zero-order valence-corrected chi connectivity index (χ0v) is 14.6. The number of anilines is 2. The SMILES string of the molecule is Cc1cc(Nc2ccc(Br)cc2)[n+]2c([nH]c3ccccc32)c1C#N. The molecule has 4 aromatic rings. The van der Waals surface area contributed by atoms with Crippen LogP contribution in [0.2, 0.25) is 0 Å². The summed E-state index contributed by atoms with van der Waals surface area (Å²) in [6.07, 6.45) is 0. The maximum Gasteiger partial charge on any atom is 0.250 e. The van der Waals surface area contributed by atoms with Crippen LogP contribution in [-0.4, -0.2) is 4.98 Å². The Kier molecular flexibility index (Phi) is 3.47. The third-order valence-electron chi connectivity index (χ3n) is 4.08. The van der Waals surface area contributed by atoms with Gasteiger partial charge >= 0.3 is 0 Å². The number of aromatic nitrogens is 2. The van der Waals surface area contributed by atoms with Crippen molar-refractivity contribution in [2.45, 2.75) is 6.92 Å². The van der Waals surface area contributed by atoms with E-state index in [4.69, 9.17) is 0 Å². The van der Waals surface area contributed by atoms with Gasteiger partial charge in [-0.05, 0) is 48.9 Å². The molecule has 0 saturated carbocycles. The highest BCUT2D eigenvalue weighted by molar-refractivity contribution is 9.10. The summed E-state index contributed by atoms with van der Waals surface area (Å²) in [6, 6.07) is 20.4. The summed E-state index contributed by atoms with van der Waals surface area (Å²) >= 11 is 3.45. The summed E-state index contributed by atoms with van der Waals surface area (Å²) in [5.41, 5.74) is 5.41. The molecule has 0 radical (unpaired) electrons. The highest BCUT2D eigenvalue weighted by atomic mass is 79.9. The fourth-order valence-electron chi connectivity index (χ4n) is 2.95. The second-order valence-electron chi connectivity index (χ2n) is 5.66. The number of nitrogens with one attached hydrogen (secondary N) is 2. The molecule has 0 unspecified atom stereocenters. The van der Waals surface area contributed by atoms with Crippen molar-refractivity contribution >= 4 is 44.1 Å². The maximum atomic E-state index is 9.54. The fraction of sp³-hybridized carbons (Fsp3) is 0.0526. The summed E-state index contributed by atoms with van der Waals surface area (Å²) < 4.78 is 3.09. The number of rotatable bonds is 2. The van der Waals surface area contributed by atoms with E-state index in [9.17, 15) is 5.26 Å². The Bertz CT molecular complexity index is 1100. The van der Waals surface area contributed by atoms with Crippen LogP contribution in [0, 0.1) is 18.3 Å². The largest absolute Gasteiger partial charge is 0.273 e. The highest BCUT2D eigenvalue weighted by Gasteiger charge is 2.20. The number of aryl methyl sites for hydroxylation is 1. The lowest BCUT2D eigenvalue weighted by molar-refractivity contribution is -0.464. The number of benzene rings is 2. The van der Waals surface area contributed by atoms with Crippen LogP contribution in [0.15, 0.2) is 59.1 Å². The van der Waals surface area contributed by atoms with Crippen molar-refractivity contribution in [2.24, 2.45) is 0 Å². The number of hydrogen-bond donors (Lipinski definition) is 2. The Hall–Kier alpha value is -2.84. The molecular formula is C19H14BrN4+. The van der Waals surface area contributed by atoms with Crippen molar-refractivity contribution < 1.29 is 4.40 Å². The topological polar surface area (TPSA) is 55.7 Å². The molecule has 0 bridgehead atoms. The van der Waals surface area contributed by atoms with E-state index in [1.807, 2.05) is 61.5 Å². The molecule has 2 heterocycles. The monoisotopic (exact) mass is 377 g/mol. The number of imidazole rings is 1. The number of fused-ring (bicyclic) bond motifs is 3. The van der Waals surface area contributed by atoms with E-state index in [0.29, 0.717) is 5.56 Å². The molecule has 2 aromatic heterocycles. The number of H-pyrrole nitrogens is 1. The van der Waals surface area contributed by atoms with Crippen molar-refractivity contribution in [3.8, 4) is 6.07 Å².